The third kappa shape index (κ3) is 4.49. The molecule has 0 aliphatic heterocycles. The van der Waals surface area contributed by atoms with Crippen LogP contribution in [0.1, 0.15) is 15.9 Å². The van der Waals surface area contributed by atoms with E-state index < -0.39 is 0 Å². The lowest BCUT2D eigenvalue weighted by molar-refractivity contribution is 0.102. The van der Waals surface area contributed by atoms with Crippen molar-refractivity contribution in [2.75, 3.05) is 17.7 Å². The maximum absolute atomic E-state index is 12.5. The molecule has 0 saturated heterocycles. The number of anilines is 2. The van der Waals surface area contributed by atoms with Crippen molar-refractivity contribution in [2.45, 2.75) is 6.54 Å². The molecule has 0 aliphatic rings. The summed E-state index contributed by atoms with van der Waals surface area (Å²) < 4.78 is 5.24. The number of amides is 1. The van der Waals surface area contributed by atoms with E-state index in [1.165, 1.54) is 7.11 Å². The number of benzene rings is 1. The number of carbonyl (C=O) groups excluding carboxylic acids is 1. The minimum atomic E-state index is -0.280. The number of nitrogens with one attached hydrogen (secondary N) is 2. The lowest BCUT2D eigenvalue weighted by atomic mass is 10.2. The lowest BCUT2D eigenvalue weighted by Gasteiger charge is -2.11. The van der Waals surface area contributed by atoms with Crippen molar-refractivity contribution in [3.05, 3.63) is 77.2 Å². The van der Waals surface area contributed by atoms with Crippen LogP contribution in [0.25, 0.3) is 0 Å². The van der Waals surface area contributed by atoms with E-state index in [0.717, 1.165) is 5.56 Å². The van der Waals surface area contributed by atoms with Gasteiger partial charge in [-0.3, -0.25) is 9.78 Å². The van der Waals surface area contributed by atoms with Crippen LogP contribution in [0.15, 0.2) is 61.1 Å². The molecule has 7 heteroatoms. The summed E-state index contributed by atoms with van der Waals surface area (Å²) in [5.41, 5.74) is 2.00. The molecule has 1 aromatic carbocycles. The van der Waals surface area contributed by atoms with Gasteiger partial charge in [-0.05, 0) is 42.0 Å². The SMILES string of the molecule is COc1ccc(Cl)cc1NC(=O)c1ccnc(NCc2cccnc2)c1. The zero-order valence-corrected chi connectivity index (χ0v) is 14.8. The molecule has 6 nitrogen and oxygen atoms in total. The van der Waals surface area contributed by atoms with Crippen molar-refractivity contribution in [3.8, 4) is 5.75 Å². The first-order valence-electron chi connectivity index (χ1n) is 7.89. The number of halogens is 1. The fourth-order valence-electron chi connectivity index (χ4n) is 2.34. The average Bonchev–Trinajstić information content (AvgIpc) is 2.67. The zero-order valence-electron chi connectivity index (χ0n) is 14.1. The zero-order chi connectivity index (χ0) is 18.4. The summed E-state index contributed by atoms with van der Waals surface area (Å²) in [5, 5.41) is 6.49. The molecule has 3 aromatic rings. The van der Waals surface area contributed by atoms with Crippen molar-refractivity contribution in [1.82, 2.24) is 9.97 Å². The Bertz CT molecular complexity index is 903. The number of hydrogen-bond acceptors (Lipinski definition) is 5. The number of pyridine rings is 2. The Balaban J connectivity index is 1.71. The molecule has 0 unspecified atom stereocenters. The Hall–Kier alpha value is -3.12. The second-order valence-electron chi connectivity index (χ2n) is 5.44. The van der Waals surface area contributed by atoms with E-state index in [4.69, 9.17) is 16.3 Å². The molecular formula is C19H17ClN4O2. The molecule has 0 bridgehead atoms. The van der Waals surface area contributed by atoms with Crippen molar-refractivity contribution < 1.29 is 9.53 Å². The third-order valence-corrected chi connectivity index (χ3v) is 3.86. The Morgan fingerprint density at radius 2 is 2.08 bits per heavy atom. The van der Waals surface area contributed by atoms with E-state index in [0.29, 0.717) is 34.4 Å². The highest BCUT2D eigenvalue weighted by molar-refractivity contribution is 6.31. The Morgan fingerprint density at radius 1 is 1.19 bits per heavy atom. The van der Waals surface area contributed by atoms with Gasteiger partial charge in [0.15, 0.2) is 0 Å². The van der Waals surface area contributed by atoms with Gasteiger partial charge in [-0.1, -0.05) is 17.7 Å². The van der Waals surface area contributed by atoms with Crippen molar-refractivity contribution in [1.29, 1.82) is 0 Å². The van der Waals surface area contributed by atoms with E-state index in [2.05, 4.69) is 20.6 Å². The molecule has 2 N–H and O–H groups in total. The summed E-state index contributed by atoms with van der Waals surface area (Å²) in [6.07, 6.45) is 5.07. The van der Waals surface area contributed by atoms with Gasteiger partial charge in [0.2, 0.25) is 0 Å². The molecule has 3 rings (SSSR count). The van der Waals surface area contributed by atoms with E-state index in [-0.39, 0.29) is 5.91 Å². The van der Waals surface area contributed by atoms with Crippen LogP contribution in [0, 0.1) is 0 Å². The van der Waals surface area contributed by atoms with Crippen LogP contribution in [0.5, 0.6) is 5.75 Å². The van der Waals surface area contributed by atoms with Crippen LogP contribution in [0.2, 0.25) is 5.02 Å². The topological polar surface area (TPSA) is 76.1 Å². The van der Waals surface area contributed by atoms with Crippen LogP contribution in [0.4, 0.5) is 11.5 Å². The van der Waals surface area contributed by atoms with Gasteiger partial charge in [0.25, 0.3) is 5.91 Å². The normalized spacial score (nSPS) is 10.2. The summed E-state index contributed by atoms with van der Waals surface area (Å²) in [6, 6.07) is 12.2. The molecule has 0 spiro atoms. The van der Waals surface area contributed by atoms with Crippen molar-refractivity contribution in [3.63, 3.8) is 0 Å². The summed E-state index contributed by atoms with van der Waals surface area (Å²) in [7, 11) is 1.53. The monoisotopic (exact) mass is 368 g/mol. The Morgan fingerprint density at radius 3 is 2.85 bits per heavy atom. The molecule has 2 heterocycles. The highest BCUT2D eigenvalue weighted by Crippen LogP contribution is 2.28. The average molecular weight is 369 g/mol. The summed E-state index contributed by atoms with van der Waals surface area (Å²) in [5.74, 6) is 0.851. The quantitative estimate of drug-likeness (QED) is 0.687. The molecule has 0 fully saturated rings. The Labute approximate surface area is 156 Å². The highest BCUT2D eigenvalue weighted by atomic mass is 35.5. The maximum atomic E-state index is 12.5. The number of hydrogen-bond donors (Lipinski definition) is 2. The number of ether oxygens (including phenoxy) is 1. The number of nitrogens with zero attached hydrogens (tertiary/aromatic N) is 2. The molecule has 0 radical (unpaired) electrons. The van der Waals surface area contributed by atoms with Gasteiger partial charge in [0.05, 0.1) is 12.8 Å². The molecule has 1 amide bonds. The first kappa shape index (κ1) is 17.7. The van der Waals surface area contributed by atoms with E-state index in [1.54, 1.807) is 48.9 Å². The van der Waals surface area contributed by atoms with E-state index in [1.807, 2.05) is 12.1 Å². The maximum Gasteiger partial charge on any atom is 0.255 e. The second kappa shape index (κ2) is 8.31. The summed E-state index contributed by atoms with van der Waals surface area (Å²) in [6.45, 7) is 0.564. The van der Waals surface area contributed by atoms with E-state index in [9.17, 15) is 4.79 Å². The van der Waals surface area contributed by atoms with Crippen LogP contribution < -0.4 is 15.4 Å². The number of carbonyl (C=O) groups is 1. The van der Waals surface area contributed by atoms with Crippen molar-refractivity contribution in [2.24, 2.45) is 0 Å². The van der Waals surface area contributed by atoms with Crippen LogP contribution in [0.3, 0.4) is 0 Å². The lowest BCUT2D eigenvalue weighted by Crippen LogP contribution is -2.13. The third-order valence-electron chi connectivity index (χ3n) is 3.63. The summed E-state index contributed by atoms with van der Waals surface area (Å²) in [4.78, 5) is 20.8. The minimum Gasteiger partial charge on any atom is -0.495 e. The fourth-order valence-corrected chi connectivity index (χ4v) is 2.51. The smallest absolute Gasteiger partial charge is 0.255 e. The molecule has 0 saturated carbocycles. The standard InChI is InChI=1S/C19H17ClN4O2/c1-26-17-5-4-15(20)10-16(17)24-19(25)14-6-8-22-18(9-14)23-12-13-3-2-7-21-11-13/h2-11H,12H2,1H3,(H,22,23)(H,24,25). The Kier molecular flexibility index (Phi) is 5.66. The van der Waals surface area contributed by atoms with Crippen LogP contribution >= 0.6 is 11.6 Å². The van der Waals surface area contributed by atoms with Gasteiger partial charge in [0, 0.05) is 35.7 Å². The predicted molar refractivity (Wildman–Crippen MR) is 102 cm³/mol. The van der Waals surface area contributed by atoms with Crippen LogP contribution in [-0.4, -0.2) is 23.0 Å². The van der Waals surface area contributed by atoms with Crippen molar-refractivity contribution >= 4 is 29.0 Å². The fraction of sp³-hybridized carbons (Fsp3) is 0.105. The molecule has 132 valence electrons. The molecule has 0 atom stereocenters. The largest absolute Gasteiger partial charge is 0.495 e. The van der Waals surface area contributed by atoms with Gasteiger partial charge in [-0.15, -0.1) is 0 Å². The van der Waals surface area contributed by atoms with E-state index >= 15 is 0 Å². The number of aromatic nitrogens is 2. The predicted octanol–water partition coefficient (Wildman–Crippen LogP) is 4.00. The summed E-state index contributed by atoms with van der Waals surface area (Å²) >= 11 is 6.00. The first-order valence-corrected chi connectivity index (χ1v) is 8.27. The van der Waals surface area contributed by atoms with Gasteiger partial charge < -0.3 is 15.4 Å². The number of methoxy groups -OCH3 is 1. The highest BCUT2D eigenvalue weighted by Gasteiger charge is 2.11. The van der Waals surface area contributed by atoms with Crippen LogP contribution in [-0.2, 0) is 6.54 Å². The number of rotatable bonds is 6. The molecule has 0 aliphatic carbocycles. The first-order chi connectivity index (χ1) is 12.7. The molecule has 2 aromatic heterocycles. The molecular weight excluding hydrogens is 352 g/mol. The van der Waals surface area contributed by atoms with Gasteiger partial charge in [0.1, 0.15) is 11.6 Å². The minimum absolute atomic E-state index is 0.280. The van der Waals surface area contributed by atoms with Gasteiger partial charge in [-0.2, -0.15) is 0 Å². The molecule has 26 heavy (non-hydrogen) atoms. The van der Waals surface area contributed by atoms with Gasteiger partial charge >= 0.3 is 0 Å². The van der Waals surface area contributed by atoms with Gasteiger partial charge in [-0.25, -0.2) is 4.98 Å². The second-order valence-corrected chi connectivity index (χ2v) is 5.88.